The molecule has 142 valence electrons. The van der Waals surface area contributed by atoms with E-state index in [2.05, 4.69) is 15.8 Å². The van der Waals surface area contributed by atoms with Crippen molar-refractivity contribution in [3.05, 3.63) is 76.0 Å². The van der Waals surface area contributed by atoms with Gasteiger partial charge in [-0.2, -0.15) is 0 Å². The van der Waals surface area contributed by atoms with Gasteiger partial charge < -0.3 is 9.72 Å². The van der Waals surface area contributed by atoms with Gasteiger partial charge in [0.1, 0.15) is 0 Å². The molecule has 2 aromatic carbocycles. The monoisotopic (exact) mass is 382 g/mol. The molecule has 0 fully saturated rings. The summed E-state index contributed by atoms with van der Waals surface area (Å²) in [7, 11) is 0. The van der Waals surface area contributed by atoms with E-state index in [4.69, 9.17) is 4.74 Å². The third-order valence-electron chi connectivity index (χ3n) is 3.78. The average molecular weight is 382 g/mol. The Bertz CT molecular complexity index is 1070. The maximum absolute atomic E-state index is 12.1. The summed E-state index contributed by atoms with van der Waals surface area (Å²) in [6.07, 6.45) is 1.48. The van der Waals surface area contributed by atoms with Gasteiger partial charge >= 0.3 is 5.97 Å². The second-order valence-electron chi connectivity index (χ2n) is 5.63. The third-order valence-corrected chi connectivity index (χ3v) is 3.78. The number of ether oxygens (including phenoxy) is 1. The number of nitrogens with one attached hydrogen (secondary N) is 3. The van der Waals surface area contributed by atoms with E-state index in [1.807, 2.05) is 6.07 Å². The number of carbonyl (C=O) groups excluding carboxylic acids is 3. The number of aromatic nitrogens is 1. The Labute approximate surface area is 157 Å². The summed E-state index contributed by atoms with van der Waals surface area (Å²) in [6, 6.07) is 12.1. The fraction of sp³-hybridized carbons (Fsp3) is 0.0556. The number of nitro benzene ring substituents is 1. The van der Waals surface area contributed by atoms with E-state index < -0.39 is 29.3 Å². The number of amides is 2. The van der Waals surface area contributed by atoms with E-state index in [9.17, 15) is 24.5 Å². The largest absolute Gasteiger partial charge is 0.452 e. The lowest BCUT2D eigenvalue weighted by Gasteiger charge is -2.08. The van der Waals surface area contributed by atoms with Crippen molar-refractivity contribution in [2.75, 3.05) is 6.61 Å². The van der Waals surface area contributed by atoms with Gasteiger partial charge in [0.25, 0.3) is 17.5 Å². The van der Waals surface area contributed by atoms with E-state index in [0.29, 0.717) is 5.39 Å². The molecule has 3 rings (SSSR count). The predicted octanol–water partition coefficient (Wildman–Crippen LogP) is 1.69. The molecular formula is C18H14N4O6. The van der Waals surface area contributed by atoms with E-state index in [-0.39, 0.29) is 16.8 Å². The second-order valence-corrected chi connectivity index (χ2v) is 5.63. The van der Waals surface area contributed by atoms with Gasteiger partial charge in [0.15, 0.2) is 6.61 Å². The molecule has 10 nitrogen and oxygen atoms in total. The summed E-state index contributed by atoms with van der Waals surface area (Å²) < 4.78 is 4.93. The molecule has 10 heteroatoms. The van der Waals surface area contributed by atoms with Gasteiger partial charge in [0.05, 0.1) is 10.5 Å². The molecule has 3 N–H and O–H groups in total. The SMILES string of the molecule is O=C(COC(=O)c1c[nH]c2ccccc12)NNC(=O)c1cccc([N+](=O)[O-])c1. The molecule has 3 aromatic rings. The van der Waals surface area contributed by atoms with Crippen molar-refractivity contribution in [2.24, 2.45) is 0 Å². The lowest BCUT2D eigenvalue weighted by Crippen LogP contribution is -2.43. The minimum absolute atomic E-state index is 0.00899. The summed E-state index contributed by atoms with van der Waals surface area (Å²) in [6.45, 7) is -0.618. The Kier molecular flexibility index (Phi) is 5.30. The molecule has 0 aliphatic rings. The zero-order valence-electron chi connectivity index (χ0n) is 14.3. The van der Waals surface area contributed by atoms with Gasteiger partial charge in [0.2, 0.25) is 0 Å². The predicted molar refractivity (Wildman–Crippen MR) is 97.3 cm³/mol. The molecule has 0 unspecified atom stereocenters. The summed E-state index contributed by atoms with van der Waals surface area (Å²) in [4.78, 5) is 48.8. The van der Waals surface area contributed by atoms with Gasteiger partial charge in [0, 0.05) is 34.8 Å². The molecule has 0 radical (unpaired) electrons. The van der Waals surface area contributed by atoms with Crippen LogP contribution in [0, 0.1) is 10.1 Å². The number of H-pyrrole nitrogens is 1. The van der Waals surface area contributed by atoms with Crippen LogP contribution in [-0.2, 0) is 9.53 Å². The number of hydrogen-bond donors (Lipinski definition) is 3. The first-order valence-electron chi connectivity index (χ1n) is 8.02. The van der Waals surface area contributed by atoms with E-state index >= 15 is 0 Å². The van der Waals surface area contributed by atoms with Crippen LogP contribution in [0.5, 0.6) is 0 Å². The summed E-state index contributed by atoms with van der Waals surface area (Å²) in [5, 5.41) is 11.4. The number of hydrogen-bond acceptors (Lipinski definition) is 6. The average Bonchev–Trinajstić information content (AvgIpc) is 3.14. The number of esters is 1. The number of nitro groups is 1. The second kappa shape index (κ2) is 7.99. The van der Waals surface area contributed by atoms with Crippen molar-refractivity contribution in [1.82, 2.24) is 15.8 Å². The minimum atomic E-state index is -0.771. The molecule has 0 saturated carbocycles. The Morgan fingerprint density at radius 3 is 2.64 bits per heavy atom. The highest BCUT2D eigenvalue weighted by atomic mass is 16.6. The van der Waals surface area contributed by atoms with E-state index in [1.54, 1.807) is 18.2 Å². The first-order chi connectivity index (χ1) is 13.5. The minimum Gasteiger partial charge on any atom is -0.452 e. The Hall–Kier alpha value is -4.21. The van der Waals surface area contributed by atoms with Gasteiger partial charge in [-0.05, 0) is 12.1 Å². The lowest BCUT2D eigenvalue weighted by atomic mass is 10.2. The van der Waals surface area contributed by atoms with Gasteiger partial charge in [-0.25, -0.2) is 4.79 Å². The van der Waals surface area contributed by atoms with Crippen LogP contribution in [0.4, 0.5) is 5.69 Å². The van der Waals surface area contributed by atoms with Crippen LogP contribution in [0.1, 0.15) is 20.7 Å². The summed E-state index contributed by atoms with van der Waals surface area (Å²) in [5.74, 6) is -2.22. The molecular weight excluding hydrogens is 368 g/mol. The molecule has 0 aliphatic carbocycles. The van der Waals surface area contributed by atoms with Crippen molar-refractivity contribution in [2.45, 2.75) is 0 Å². The Morgan fingerprint density at radius 2 is 1.86 bits per heavy atom. The van der Waals surface area contributed by atoms with Crippen molar-refractivity contribution >= 4 is 34.4 Å². The van der Waals surface area contributed by atoms with Crippen molar-refractivity contribution < 1.29 is 24.0 Å². The van der Waals surface area contributed by atoms with Crippen LogP contribution < -0.4 is 10.9 Å². The molecule has 0 spiro atoms. The number of benzene rings is 2. The summed E-state index contributed by atoms with van der Waals surface area (Å²) >= 11 is 0. The third kappa shape index (κ3) is 4.12. The standard InChI is InChI=1S/C18H14N4O6/c23-16(20-21-17(24)11-4-3-5-12(8-11)22(26)27)10-28-18(25)14-9-19-15-7-2-1-6-13(14)15/h1-9,19H,10H2,(H,20,23)(H,21,24). The number of carbonyl (C=O) groups is 3. The number of nitrogens with zero attached hydrogens (tertiary/aromatic N) is 1. The summed E-state index contributed by atoms with van der Waals surface area (Å²) in [5.41, 5.74) is 4.94. The normalized spacial score (nSPS) is 10.3. The molecule has 1 heterocycles. The fourth-order valence-corrected chi connectivity index (χ4v) is 2.44. The van der Waals surface area contributed by atoms with Gasteiger partial charge in [-0.3, -0.25) is 30.6 Å². The number of aromatic amines is 1. The highest BCUT2D eigenvalue weighted by Gasteiger charge is 2.16. The van der Waals surface area contributed by atoms with Crippen molar-refractivity contribution in [3.8, 4) is 0 Å². The van der Waals surface area contributed by atoms with Crippen LogP contribution in [0.15, 0.2) is 54.7 Å². The maximum Gasteiger partial charge on any atom is 0.340 e. The highest BCUT2D eigenvalue weighted by molar-refractivity contribution is 6.04. The molecule has 0 bridgehead atoms. The number of fused-ring (bicyclic) bond motifs is 1. The van der Waals surface area contributed by atoms with Crippen LogP contribution in [0.25, 0.3) is 10.9 Å². The Morgan fingerprint density at radius 1 is 1.07 bits per heavy atom. The molecule has 0 atom stereocenters. The van der Waals surface area contributed by atoms with Crippen LogP contribution in [-0.4, -0.2) is 34.3 Å². The molecule has 1 aromatic heterocycles. The van der Waals surface area contributed by atoms with E-state index in [1.165, 1.54) is 24.4 Å². The first kappa shape index (κ1) is 18.6. The maximum atomic E-state index is 12.1. The van der Waals surface area contributed by atoms with Crippen LogP contribution >= 0.6 is 0 Å². The number of non-ortho nitro benzene ring substituents is 1. The smallest absolute Gasteiger partial charge is 0.340 e. The molecule has 2 amide bonds. The molecule has 0 aliphatic heterocycles. The van der Waals surface area contributed by atoms with Gasteiger partial charge in [-0.15, -0.1) is 0 Å². The molecule has 28 heavy (non-hydrogen) atoms. The zero-order chi connectivity index (χ0) is 20.1. The topological polar surface area (TPSA) is 143 Å². The van der Waals surface area contributed by atoms with Crippen LogP contribution in [0.2, 0.25) is 0 Å². The van der Waals surface area contributed by atoms with Crippen LogP contribution in [0.3, 0.4) is 0 Å². The number of para-hydroxylation sites is 1. The zero-order valence-corrected chi connectivity index (χ0v) is 14.3. The number of rotatable bonds is 5. The number of hydrazine groups is 1. The van der Waals surface area contributed by atoms with Crippen molar-refractivity contribution in [1.29, 1.82) is 0 Å². The molecule has 0 saturated heterocycles. The lowest BCUT2D eigenvalue weighted by molar-refractivity contribution is -0.384. The quantitative estimate of drug-likeness (QED) is 0.348. The Balaban J connectivity index is 1.52. The van der Waals surface area contributed by atoms with Crippen molar-refractivity contribution in [3.63, 3.8) is 0 Å². The first-order valence-corrected chi connectivity index (χ1v) is 8.02. The highest BCUT2D eigenvalue weighted by Crippen LogP contribution is 2.18. The van der Waals surface area contributed by atoms with Gasteiger partial charge in [-0.1, -0.05) is 24.3 Å². The van der Waals surface area contributed by atoms with E-state index in [0.717, 1.165) is 11.6 Å². The fourth-order valence-electron chi connectivity index (χ4n) is 2.44.